The predicted molar refractivity (Wildman–Crippen MR) is 146 cm³/mol. The van der Waals surface area contributed by atoms with Crippen molar-refractivity contribution in [3.63, 3.8) is 0 Å². The first-order chi connectivity index (χ1) is 17.6. The van der Waals surface area contributed by atoms with Crippen molar-refractivity contribution in [2.24, 2.45) is 0 Å². The van der Waals surface area contributed by atoms with E-state index in [0.717, 1.165) is 48.5 Å². The van der Waals surface area contributed by atoms with Crippen LogP contribution in [-0.4, -0.2) is 52.2 Å². The van der Waals surface area contributed by atoms with E-state index in [1.165, 1.54) is 36.6 Å². The molecule has 2 fully saturated rings. The van der Waals surface area contributed by atoms with Gasteiger partial charge in [0, 0.05) is 34.3 Å². The van der Waals surface area contributed by atoms with Gasteiger partial charge in [0.1, 0.15) is 11.5 Å². The fourth-order valence-electron chi connectivity index (χ4n) is 5.82. The first kappa shape index (κ1) is 22.9. The number of aromatic amines is 2. The van der Waals surface area contributed by atoms with Gasteiger partial charge in [-0.15, -0.1) is 0 Å². The summed E-state index contributed by atoms with van der Waals surface area (Å²) >= 11 is 0. The highest BCUT2D eigenvalue weighted by atomic mass is 16.1. The molecule has 186 valence electrons. The molecule has 1 amide bonds. The van der Waals surface area contributed by atoms with Gasteiger partial charge in [0.2, 0.25) is 0 Å². The standard InChI is InChI=1S/C29H34N6O/c1-35-16-14-22(15-17-35)30-21-12-10-20(11-13-21)29(36)32-26-18-25(33-34-26)28-27(19-6-2-3-7-19)23-8-4-5-9-24(23)31-28/h4-5,8-13,18-19,22,30-31H,2-3,6-7,14-17H2,1H3,(H2,32,33,34,36). The van der Waals surface area contributed by atoms with Crippen molar-refractivity contribution in [3.05, 3.63) is 65.7 Å². The Bertz CT molecular complexity index is 1340. The molecular formula is C29H34N6O. The molecule has 2 aliphatic rings. The Balaban J connectivity index is 1.16. The summed E-state index contributed by atoms with van der Waals surface area (Å²) in [5, 5.41) is 15.4. The van der Waals surface area contributed by atoms with E-state index in [2.05, 4.69) is 62.0 Å². The van der Waals surface area contributed by atoms with Crippen LogP contribution in [0.5, 0.6) is 0 Å². The Hall–Kier alpha value is -3.58. The van der Waals surface area contributed by atoms with Crippen molar-refractivity contribution in [1.82, 2.24) is 20.1 Å². The lowest BCUT2D eigenvalue weighted by molar-refractivity contribution is 0.102. The number of hydrogen-bond donors (Lipinski definition) is 4. The van der Waals surface area contributed by atoms with Crippen LogP contribution in [0.4, 0.5) is 11.5 Å². The highest BCUT2D eigenvalue weighted by Gasteiger charge is 2.26. The largest absolute Gasteiger partial charge is 0.382 e. The van der Waals surface area contributed by atoms with E-state index in [1.807, 2.05) is 30.3 Å². The zero-order valence-electron chi connectivity index (χ0n) is 20.8. The molecule has 0 unspecified atom stereocenters. The molecule has 1 aliphatic heterocycles. The molecule has 0 atom stereocenters. The lowest BCUT2D eigenvalue weighted by Gasteiger charge is -2.30. The van der Waals surface area contributed by atoms with Gasteiger partial charge in [-0.1, -0.05) is 31.0 Å². The van der Waals surface area contributed by atoms with Crippen LogP contribution in [0.3, 0.4) is 0 Å². The Morgan fingerprint density at radius 2 is 1.75 bits per heavy atom. The van der Waals surface area contributed by atoms with Crippen molar-refractivity contribution in [2.45, 2.75) is 50.5 Å². The van der Waals surface area contributed by atoms with Gasteiger partial charge in [-0.3, -0.25) is 9.89 Å². The summed E-state index contributed by atoms with van der Waals surface area (Å²) in [5.41, 5.74) is 6.07. The van der Waals surface area contributed by atoms with Gasteiger partial charge >= 0.3 is 0 Å². The number of hydrogen-bond acceptors (Lipinski definition) is 4. The number of carbonyl (C=O) groups is 1. The number of para-hydroxylation sites is 1. The Kier molecular flexibility index (Phi) is 6.23. The smallest absolute Gasteiger partial charge is 0.256 e. The van der Waals surface area contributed by atoms with Gasteiger partial charge < -0.3 is 20.5 Å². The van der Waals surface area contributed by atoms with Crippen LogP contribution in [0, 0.1) is 0 Å². The third kappa shape index (κ3) is 4.63. The maximum Gasteiger partial charge on any atom is 0.256 e. The molecule has 7 heteroatoms. The summed E-state index contributed by atoms with van der Waals surface area (Å²) in [7, 11) is 2.17. The number of amides is 1. The number of rotatable bonds is 6. The number of nitrogens with zero attached hydrogens (tertiary/aromatic N) is 2. The highest BCUT2D eigenvalue weighted by Crippen LogP contribution is 2.43. The van der Waals surface area contributed by atoms with Crippen LogP contribution < -0.4 is 10.6 Å². The van der Waals surface area contributed by atoms with Crippen molar-refractivity contribution in [1.29, 1.82) is 0 Å². The van der Waals surface area contributed by atoms with Crippen LogP contribution >= 0.6 is 0 Å². The fraction of sp³-hybridized carbons (Fsp3) is 0.379. The third-order valence-electron chi connectivity index (χ3n) is 7.83. The summed E-state index contributed by atoms with van der Waals surface area (Å²) in [6.07, 6.45) is 7.26. The topological polar surface area (TPSA) is 88.8 Å². The van der Waals surface area contributed by atoms with Gasteiger partial charge in [-0.05, 0) is 87.6 Å². The molecule has 1 saturated carbocycles. The first-order valence-corrected chi connectivity index (χ1v) is 13.2. The Morgan fingerprint density at radius 1 is 1.00 bits per heavy atom. The number of carbonyl (C=O) groups excluding carboxylic acids is 1. The number of likely N-dealkylation sites (tertiary alicyclic amines) is 1. The number of benzene rings is 2. The summed E-state index contributed by atoms with van der Waals surface area (Å²) in [4.78, 5) is 18.9. The number of anilines is 2. The zero-order valence-corrected chi connectivity index (χ0v) is 20.8. The molecule has 0 radical (unpaired) electrons. The number of piperidine rings is 1. The van der Waals surface area contributed by atoms with Crippen molar-refractivity contribution in [3.8, 4) is 11.4 Å². The molecule has 36 heavy (non-hydrogen) atoms. The minimum Gasteiger partial charge on any atom is -0.382 e. The molecule has 0 spiro atoms. The highest BCUT2D eigenvalue weighted by molar-refractivity contribution is 6.04. The Labute approximate surface area is 211 Å². The molecule has 3 heterocycles. The minimum atomic E-state index is -0.149. The minimum absolute atomic E-state index is 0.149. The second-order valence-corrected chi connectivity index (χ2v) is 10.4. The molecule has 2 aromatic heterocycles. The van der Waals surface area contributed by atoms with Gasteiger partial charge in [-0.2, -0.15) is 5.10 Å². The van der Waals surface area contributed by atoms with Gasteiger partial charge in [0.05, 0.1) is 5.69 Å². The second-order valence-electron chi connectivity index (χ2n) is 10.4. The van der Waals surface area contributed by atoms with E-state index in [9.17, 15) is 4.79 Å². The summed E-state index contributed by atoms with van der Waals surface area (Å²) < 4.78 is 0. The van der Waals surface area contributed by atoms with Crippen LogP contribution in [-0.2, 0) is 0 Å². The van der Waals surface area contributed by atoms with Crippen LogP contribution in [0.25, 0.3) is 22.3 Å². The van der Waals surface area contributed by atoms with E-state index in [1.54, 1.807) is 0 Å². The molecule has 1 saturated heterocycles. The maximum atomic E-state index is 12.9. The Morgan fingerprint density at radius 3 is 2.53 bits per heavy atom. The second kappa shape index (κ2) is 9.82. The average Bonchev–Trinajstić information content (AvgIpc) is 3.65. The SMILES string of the molecule is CN1CCC(Nc2ccc(C(=O)Nc3cc(-c4[nH]c5ccccc5c4C4CCCC4)n[nH]3)cc2)CC1. The molecule has 0 bridgehead atoms. The summed E-state index contributed by atoms with van der Waals surface area (Å²) in [6, 6.07) is 18.6. The first-order valence-electron chi connectivity index (χ1n) is 13.2. The van der Waals surface area contributed by atoms with Gasteiger partial charge in [0.15, 0.2) is 0 Å². The number of H-pyrrole nitrogens is 2. The molecular weight excluding hydrogens is 448 g/mol. The van der Waals surface area contributed by atoms with Crippen LogP contribution in [0.2, 0.25) is 0 Å². The van der Waals surface area contributed by atoms with Crippen molar-refractivity contribution in [2.75, 3.05) is 30.8 Å². The van der Waals surface area contributed by atoms with E-state index in [0.29, 0.717) is 23.3 Å². The summed E-state index contributed by atoms with van der Waals surface area (Å²) in [5.74, 6) is 0.996. The molecule has 4 N–H and O–H groups in total. The zero-order chi connectivity index (χ0) is 24.5. The van der Waals surface area contributed by atoms with E-state index in [4.69, 9.17) is 0 Å². The van der Waals surface area contributed by atoms with Gasteiger partial charge in [-0.25, -0.2) is 0 Å². The number of nitrogens with one attached hydrogen (secondary N) is 4. The summed E-state index contributed by atoms with van der Waals surface area (Å²) in [6.45, 7) is 2.23. The average molecular weight is 483 g/mol. The molecule has 1 aliphatic carbocycles. The quantitative estimate of drug-likeness (QED) is 0.272. The molecule has 7 nitrogen and oxygen atoms in total. The molecule has 2 aromatic carbocycles. The lowest BCUT2D eigenvalue weighted by atomic mass is 9.93. The monoisotopic (exact) mass is 482 g/mol. The van der Waals surface area contributed by atoms with Crippen molar-refractivity contribution < 1.29 is 4.79 Å². The molecule has 6 rings (SSSR count). The van der Waals surface area contributed by atoms with Crippen LogP contribution in [0.1, 0.15) is 60.4 Å². The van der Waals surface area contributed by atoms with E-state index in [-0.39, 0.29) is 5.91 Å². The van der Waals surface area contributed by atoms with Crippen molar-refractivity contribution >= 4 is 28.3 Å². The van der Waals surface area contributed by atoms with Crippen LogP contribution in [0.15, 0.2) is 54.6 Å². The molecule has 4 aromatic rings. The predicted octanol–water partition coefficient (Wildman–Crippen LogP) is 5.97. The number of aromatic nitrogens is 3. The fourth-order valence-corrected chi connectivity index (χ4v) is 5.82. The lowest BCUT2D eigenvalue weighted by Crippen LogP contribution is -2.36. The van der Waals surface area contributed by atoms with E-state index >= 15 is 0 Å². The number of fused-ring (bicyclic) bond motifs is 1. The van der Waals surface area contributed by atoms with Gasteiger partial charge in [0.25, 0.3) is 5.91 Å². The maximum absolute atomic E-state index is 12.9. The third-order valence-corrected chi connectivity index (χ3v) is 7.83. The normalized spacial score (nSPS) is 17.6. The van der Waals surface area contributed by atoms with E-state index < -0.39 is 0 Å².